The van der Waals surface area contributed by atoms with E-state index in [9.17, 15) is 0 Å². The van der Waals surface area contributed by atoms with Crippen LogP contribution in [0.4, 0.5) is 0 Å². The van der Waals surface area contributed by atoms with Crippen LogP contribution in [0.1, 0.15) is 31.0 Å². The van der Waals surface area contributed by atoms with E-state index in [0.717, 1.165) is 21.3 Å². The normalized spacial score (nSPS) is 12.5. The second-order valence-corrected chi connectivity index (χ2v) is 5.59. The molecule has 0 aromatic heterocycles. The third kappa shape index (κ3) is 3.58. The molecule has 0 radical (unpaired) electrons. The summed E-state index contributed by atoms with van der Waals surface area (Å²) in [6.45, 7) is 4.03. The van der Waals surface area contributed by atoms with Gasteiger partial charge in [-0.25, -0.2) is 0 Å². The standard InChI is InChI=1S/C16H18BrNO/c1-11(2)19-13-9-7-12(8-10-13)16(18)14-5-3-4-6-15(14)17/h3-11,16H,18H2,1-2H3. The number of hydrogen-bond donors (Lipinski definition) is 1. The Morgan fingerprint density at radius 1 is 1.00 bits per heavy atom. The molecular weight excluding hydrogens is 302 g/mol. The van der Waals surface area contributed by atoms with Gasteiger partial charge in [0.15, 0.2) is 0 Å². The van der Waals surface area contributed by atoms with Crippen LogP contribution < -0.4 is 10.5 Å². The highest BCUT2D eigenvalue weighted by molar-refractivity contribution is 9.10. The zero-order valence-corrected chi connectivity index (χ0v) is 12.7. The zero-order chi connectivity index (χ0) is 13.8. The van der Waals surface area contributed by atoms with Gasteiger partial charge in [-0.05, 0) is 43.2 Å². The minimum absolute atomic E-state index is 0.135. The topological polar surface area (TPSA) is 35.2 Å². The van der Waals surface area contributed by atoms with Crippen molar-refractivity contribution in [2.45, 2.75) is 26.0 Å². The van der Waals surface area contributed by atoms with Crippen LogP contribution in [0.15, 0.2) is 53.0 Å². The fourth-order valence-electron chi connectivity index (χ4n) is 1.93. The molecule has 3 heteroatoms. The van der Waals surface area contributed by atoms with Gasteiger partial charge in [-0.1, -0.05) is 46.3 Å². The molecule has 0 fully saturated rings. The average molecular weight is 320 g/mol. The van der Waals surface area contributed by atoms with Gasteiger partial charge >= 0.3 is 0 Å². The first kappa shape index (κ1) is 14.1. The molecule has 0 spiro atoms. The van der Waals surface area contributed by atoms with Crippen molar-refractivity contribution in [2.75, 3.05) is 0 Å². The van der Waals surface area contributed by atoms with E-state index < -0.39 is 0 Å². The van der Waals surface area contributed by atoms with Crippen molar-refractivity contribution < 1.29 is 4.74 Å². The monoisotopic (exact) mass is 319 g/mol. The molecule has 19 heavy (non-hydrogen) atoms. The molecule has 0 heterocycles. The van der Waals surface area contributed by atoms with Crippen molar-refractivity contribution in [2.24, 2.45) is 5.73 Å². The van der Waals surface area contributed by atoms with Gasteiger partial charge in [-0.2, -0.15) is 0 Å². The minimum atomic E-state index is -0.135. The summed E-state index contributed by atoms with van der Waals surface area (Å²) in [6, 6.07) is 15.8. The lowest BCUT2D eigenvalue weighted by Gasteiger charge is -2.15. The first-order chi connectivity index (χ1) is 9.08. The van der Waals surface area contributed by atoms with E-state index in [1.807, 2.05) is 62.4 Å². The van der Waals surface area contributed by atoms with E-state index in [2.05, 4.69) is 15.9 Å². The molecule has 2 rings (SSSR count). The summed E-state index contributed by atoms with van der Waals surface area (Å²) in [5.74, 6) is 0.873. The first-order valence-corrected chi connectivity index (χ1v) is 7.14. The Kier molecular flexibility index (Phi) is 4.61. The molecular formula is C16H18BrNO. The SMILES string of the molecule is CC(C)Oc1ccc(C(N)c2ccccc2Br)cc1. The van der Waals surface area contributed by atoms with Crippen LogP contribution in [0.2, 0.25) is 0 Å². The summed E-state index contributed by atoms with van der Waals surface area (Å²) in [6.07, 6.45) is 0.183. The summed E-state index contributed by atoms with van der Waals surface area (Å²) in [5.41, 5.74) is 8.45. The largest absolute Gasteiger partial charge is 0.491 e. The number of benzene rings is 2. The highest BCUT2D eigenvalue weighted by atomic mass is 79.9. The van der Waals surface area contributed by atoms with Crippen LogP contribution in [0, 0.1) is 0 Å². The fourth-order valence-corrected chi connectivity index (χ4v) is 2.46. The summed E-state index contributed by atoms with van der Waals surface area (Å²) in [4.78, 5) is 0. The third-order valence-electron chi connectivity index (χ3n) is 2.85. The van der Waals surface area contributed by atoms with Gasteiger partial charge in [-0.15, -0.1) is 0 Å². The fraction of sp³-hybridized carbons (Fsp3) is 0.250. The Labute approximate surface area is 122 Å². The van der Waals surface area contributed by atoms with Crippen LogP contribution in [-0.2, 0) is 0 Å². The minimum Gasteiger partial charge on any atom is -0.491 e. The van der Waals surface area contributed by atoms with Crippen molar-refractivity contribution in [1.29, 1.82) is 0 Å². The second kappa shape index (κ2) is 6.22. The van der Waals surface area contributed by atoms with Crippen molar-refractivity contribution in [3.05, 3.63) is 64.1 Å². The van der Waals surface area contributed by atoms with Gasteiger partial charge in [0, 0.05) is 4.47 Å². The number of ether oxygens (including phenoxy) is 1. The Morgan fingerprint density at radius 2 is 1.63 bits per heavy atom. The molecule has 0 aliphatic carbocycles. The van der Waals surface area contributed by atoms with Gasteiger partial charge in [0.25, 0.3) is 0 Å². The lowest BCUT2D eigenvalue weighted by atomic mass is 10.00. The molecule has 1 atom stereocenters. The van der Waals surface area contributed by atoms with Crippen LogP contribution >= 0.6 is 15.9 Å². The van der Waals surface area contributed by atoms with Crippen LogP contribution in [0.25, 0.3) is 0 Å². The number of hydrogen-bond acceptors (Lipinski definition) is 2. The molecule has 0 amide bonds. The number of rotatable bonds is 4. The molecule has 0 saturated carbocycles. The molecule has 100 valence electrons. The predicted octanol–water partition coefficient (Wildman–Crippen LogP) is 4.28. The Morgan fingerprint density at radius 3 is 2.21 bits per heavy atom. The van der Waals surface area contributed by atoms with Crippen molar-refractivity contribution in [3.63, 3.8) is 0 Å². The quantitative estimate of drug-likeness (QED) is 0.912. The molecule has 1 unspecified atom stereocenters. The van der Waals surface area contributed by atoms with Gasteiger partial charge in [-0.3, -0.25) is 0 Å². The Hall–Kier alpha value is -1.32. The molecule has 2 nitrogen and oxygen atoms in total. The van der Waals surface area contributed by atoms with E-state index in [1.165, 1.54) is 0 Å². The summed E-state index contributed by atoms with van der Waals surface area (Å²) < 4.78 is 6.66. The highest BCUT2D eigenvalue weighted by Crippen LogP contribution is 2.27. The van der Waals surface area contributed by atoms with Gasteiger partial charge in [0.2, 0.25) is 0 Å². The zero-order valence-electron chi connectivity index (χ0n) is 11.1. The van der Waals surface area contributed by atoms with Gasteiger partial charge in [0.05, 0.1) is 12.1 Å². The van der Waals surface area contributed by atoms with Crippen LogP contribution in [0.5, 0.6) is 5.75 Å². The Balaban J connectivity index is 2.20. The smallest absolute Gasteiger partial charge is 0.119 e. The van der Waals surface area contributed by atoms with Crippen molar-refractivity contribution in [1.82, 2.24) is 0 Å². The predicted molar refractivity (Wildman–Crippen MR) is 82.4 cm³/mol. The lowest BCUT2D eigenvalue weighted by molar-refractivity contribution is 0.242. The maximum Gasteiger partial charge on any atom is 0.119 e. The third-order valence-corrected chi connectivity index (χ3v) is 3.57. The number of halogens is 1. The molecule has 0 aliphatic heterocycles. The van der Waals surface area contributed by atoms with Crippen LogP contribution in [0.3, 0.4) is 0 Å². The van der Waals surface area contributed by atoms with E-state index in [1.54, 1.807) is 0 Å². The summed E-state index contributed by atoms with van der Waals surface area (Å²) in [5, 5.41) is 0. The maximum atomic E-state index is 6.30. The average Bonchev–Trinajstić information content (AvgIpc) is 2.39. The number of nitrogens with two attached hydrogens (primary N) is 1. The maximum absolute atomic E-state index is 6.30. The van der Waals surface area contributed by atoms with E-state index >= 15 is 0 Å². The summed E-state index contributed by atoms with van der Waals surface area (Å²) in [7, 11) is 0. The van der Waals surface area contributed by atoms with E-state index in [0.29, 0.717) is 0 Å². The molecule has 0 saturated heterocycles. The van der Waals surface area contributed by atoms with E-state index in [-0.39, 0.29) is 12.1 Å². The highest BCUT2D eigenvalue weighted by Gasteiger charge is 2.11. The van der Waals surface area contributed by atoms with Gasteiger partial charge < -0.3 is 10.5 Å². The lowest BCUT2D eigenvalue weighted by Crippen LogP contribution is -2.12. The summed E-state index contributed by atoms with van der Waals surface area (Å²) >= 11 is 3.54. The molecule has 2 aromatic rings. The van der Waals surface area contributed by atoms with Crippen molar-refractivity contribution >= 4 is 15.9 Å². The van der Waals surface area contributed by atoms with Crippen LogP contribution in [-0.4, -0.2) is 6.10 Å². The first-order valence-electron chi connectivity index (χ1n) is 6.34. The second-order valence-electron chi connectivity index (χ2n) is 4.73. The molecule has 2 aromatic carbocycles. The van der Waals surface area contributed by atoms with E-state index in [4.69, 9.17) is 10.5 Å². The molecule has 2 N–H and O–H groups in total. The molecule has 0 bridgehead atoms. The molecule has 0 aliphatic rings. The van der Waals surface area contributed by atoms with Gasteiger partial charge in [0.1, 0.15) is 5.75 Å². The van der Waals surface area contributed by atoms with Crippen molar-refractivity contribution in [3.8, 4) is 5.75 Å². The Bertz CT molecular complexity index is 537.